The standard InChI is InChI=1S/C19H18ClN3O5S/c1-10(16(24)21-13-6-4-3-5-12(13)20)23-14(7-8-28-2)22-17-15(18(23)25)11(9-29-17)19(26)27/h3-6,9-10H,7-8H2,1-2H3,(H,21,24)(H,26,27). The summed E-state index contributed by atoms with van der Waals surface area (Å²) in [4.78, 5) is 42.3. The maximum atomic E-state index is 13.2. The smallest absolute Gasteiger partial charge is 0.337 e. The number of aromatic carboxylic acids is 1. The van der Waals surface area contributed by atoms with Crippen molar-refractivity contribution in [3.63, 3.8) is 0 Å². The topological polar surface area (TPSA) is 111 Å². The molecule has 1 amide bonds. The molecule has 0 saturated carbocycles. The number of aromatic nitrogens is 2. The van der Waals surface area contributed by atoms with Gasteiger partial charge in [0.2, 0.25) is 5.91 Å². The second kappa shape index (κ2) is 8.73. The summed E-state index contributed by atoms with van der Waals surface area (Å²) in [5.74, 6) is -1.36. The van der Waals surface area contributed by atoms with Crippen molar-refractivity contribution in [3.8, 4) is 0 Å². The minimum atomic E-state index is -1.22. The molecule has 10 heteroatoms. The lowest BCUT2D eigenvalue weighted by molar-refractivity contribution is -0.119. The zero-order chi connectivity index (χ0) is 21.1. The van der Waals surface area contributed by atoms with Crippen LogP contribution in [-0.2, 0) is 16.0 Å². The Morgan fingerprint density at radius 2 is 2.10 bits per heavy atom. The molecule has 0 radical (unpaired) electrons. The van der Waals surface area contributed by atoms with Crippen molar-refractivity contribution in [2.75, 3.05) is 19.0 Å². The molecular weight excluding hydrogens is 418 g/mol. The number of halogens is 1. The van der Waals surface area contributed by atoms with E-state index in [0.717, 1.165) is 11.3 Å². The summed E-state index contributed by atoms with van der Waals surface area (Å²) >= 11 is 7.17. The maximum Gasteiger partial charge on any atom is 0.337 e. The van der Waals surface area contributed by atoms with E-state index < -0.39 is 23.5 Å². The largest absolute Gasteiger partial charge is 0.478 e. The zero-order valence-electron chi connectivity index (χ0n) is 15.6. The van der Waals surface area contributed by atoms with Gasteiger partial charge in [-0.05, 0) is 19.1 Å². The number of rotatable bonds is 7. The monoisotopic (exact) mass is 435 g/mol. The maximum absolute atomic E-state index is 13.2. The minimum Gasteiger partial charge on any atom is -0.478 e. The summed E-state index contributed by atoms with van der Waals surface area (Å²) in [6.07, 6.45) is 0.283. The molecule has 2 heterocycles. The highest BCUT2D eigenvalue weighted by molar-refractivity contribution is 7.17. The van der Waals surface area contributed by atoms with Crippen LogP contribution in [0, 0.1) is 0 Å². The molecular formula is C19H18ClN3O5S. The van der Waals surface area contributed by atoms with Crippen LogP contribution in [0.5, 0.6) is 0 Å². The van der Waals surface area contributed by atoms with Crippen LogP contribution in [-0.4, -0.2) is 40.3 Å². The number of anilines is 1. The van der Waals surface area contributed by atoms with Crippen molar-refractivity contribution < 1.29 is 19.4 Å². The van der Waals surface area contributed by atoms with Crippen LogP contribution in [0.25, 0.3) is 10.2 Å². The van der Waals surface area contributed by atoms with Gasteiger partial charge in [-0.25, -0.2) is 9.78 Å². The number of fused-ring (bicyclic) bond motifs is 1. The number of carboxylic acids is 1. The number of thiophene rings is 1. The van der Waals surface area contributed by atoms with Crippen molar-refractivity contribution in [3.05, 3.63) is 56.4 Å². The van der Waals surface area contributed by atoms with Gasteiger partial charge in [0.05, 0.1) is 28.3 Å². The minimum absolute atomic E-state index is 0.0129. The lowest BCUT2D eigenvalue weighted by atomic mass is 10.2. The quantitative estimate of drug-likeness (QED) is 0.589. The van der Waals surface area contributed by atoms with Gasteiger partial charge >= 0.3 is 5.97 Å². The number of methoxy groups -OCH3 is 1. The summed E-state index contributed by atoms with van der Waals surface area (Å²) in [6, 6.07) is 5.78. The molecule has 152 valence electrons. The fourth-order valence-electron chi connectivity index (χ4n) is 2.89. The lowest BCUT2D eigenvalue weighted by Gasteiger charge is -2.19. The lowest BCUT2D eigenvalue weighted by Crippen LogP contribution is -2.35. The molecule has 1 unspecified atom stereocenters. The molecule has 3 aromatic rings. The van der Waals surface area contributed by atoms with Crippen molar-refractivity contribution in [1.29, 1.82) is 0 Å². The number of carbonyl (C=O) groups excluding carboxylic acids is 1. The first kappa shape index (κ1) is 21.0. The molecule has 29 heavy (non-hydrogen) atoms. The third-order valence-corrected chi connectivity index (χ3v) is 5.57. The summed E-state index contributed by atoms with van der Waals surface area (Å²) in [5.41, 5.74) is -0.303. The van der Waals surface area contributed by atoms with Crippen LogP contribution >= 0.6 is 22.9 Å². The van der Waals surface area contributed by atoms with Gasteiger partial charge in [-0.1, -0.05) is 23.7 Å². The highest BCUT2D eigenvalue weighted by atomic mass is 35.5. The Morgan fingerprint density at radius 1 is 1.38 bits per heavy atom. The molecule has 1 atom stereocenters. The molecule has 0 aliphatic carbocycles. The number of carboxylic acid groups (broad SMARTS) is 1. The van der Waals surface area contributed by atoms with Crippen molar-refractivity contribution in [2.24, 2.45) is 0 Å². The highest BCUT2D eigenvalue weighted by Gasteiger charge is 2.25. The number of amides is 1. The SMILES string of the molecule is COCCc1nc2scc(C(=O)O)c2c(=O)n1C(C)C(=O)Nc1ccccc1Cl. The van der Waals surface area contributed by atoms with E-state index in [1.807, 2.05) is 0 Å². The Bertz CT molecular complexity index is 1140. The van der Waals surface area contributed by atoms with Crippen molar-refractivity contribution in [2.45, 2.75) is 19.4 Å². The third-order valence-electron chi connectivity index (χ3n) is 4.37. The van der Waals surface area contributed by atoms with E-state index in [0.29, 0.717) is 21.4 Å². The van der Waals surface area contributed by atoms with E-state index in [4.69, 9.17) is 16.3 Å². The van der Waals surface area contributed by atoms with Gasteiger partial charge in [0.25, 0.3) is 5.56 Å². The number of hydrogen-bond acceptors (Lipinski definition) is 6. The van der Waals surface area contributed by atoms with E-state index in [9.17, 15) is 19.5 Å². The van der Waals surface area contributed by atoms with Crippen LogP contribution < -0.4 is 10.9 Å². The summed E-state index contributed by atoms with van der Waals surface area (Å²) in [7, 11) is 1.52. The van der Waals surface area contributed by atoms with E-state index in [1.54, 1.807) is 31.2 Å². The Hall–Kier alpha value is -2.75. The predicted molar refractivity (Wildman–Crippen MR) is 111 cm³/mol. The molecule has 0 bridgehead atoms. The molecule has 3 rings (SSSR count). The highest BCUT2D eigenvalue weighted by Crippen LogP contribution is 2.25. The van der Waals surface area contributed by atoms with E-state index in [2.05, 4.69) is 10.3 Å². The Balaban J connectivity index is 2.09. The van der Waals surface area contributed by atoms with Gasteiger partial charge in [0.1, 0.15) is 16.7 Å². The molecule has 1 aromatic carbocycles. The summed E-state index contributed by atoms with van der Waals surface area (Å²) in [5, 5.41) is 13.8. The van der Waals surface area contributed by atoms with Gasteiger partial charge in [-0.3, -0.25) is 14.2 Å². The predicted octanol–water partition coefficient (Wildman–Crippen LogP) is 3.20. The molecule has 0 spiro atoms. The number of para-hydroxylation sites is 1. The Morgan fingerprint density at radius 3 is 2.76 bits per heavy atom. The normalized spacial score (nSPS) is 12.1. The van der Waals surface area contributed by atoms with Gasteiger partial charge in [0, 0.05) is 18.9 Å². The number of ether oxygens (including phenoxy) is 1. The fraction of sp³-hybridized carbons (Fsp3) is 0.263. The molecule has 0 fully saturated rings. The zero-order valence-corrected chi connectivity index (χ0v) is 17.2. The first-order valence-electron chi connectivity index (χ1n) is 8.65. The number of nitrogens with one attached hydrogen (secondary N) is 1. The average Bonchev–Trinajstić information content (AvgIpc) is 3.12. The second-order valence-corrected chi connectivity index (χ2v) is 7.49. The Kier molecular flexibility index (Phi) is 6.31. The van der Waals surface area contributed by atoms with Crippen LogP contribution in [0.1, 0.15) is 29.1 Å². The van der Waals surface area contributed by atoms with E-state index in [-0.39, 0.29) is 24.0 Å². The summed E-state index contributed by atoms with van der Waals surface area (Å²) in [6.45, 7) is 1.83. The second-order valence-electron chi connectivity index (χ2n) is 6.23. The third kappa shape index (κ3) is 4.16. The molecule has 8 nitrogen and oxygen atoms in total. The van der Waals surface area contributed by atoms with Crippen LogP contribution in [0.3, 0.4) is 0 Å². The first-order chi connectivity index (χ1) is 13.8. The first-order valence-corrected chi connectivity index (χ1v) is 9.91. The van der Waals surface area contributed by atoms with Crippen LogP contribution in [0.4, 0.5) is 5.69 Å². The van der Waals surface area contributed by atoms with Crippen molar-refractivity contribution >= 4 is 50.7 Å². The van der Waals surface area contributed by atoms with Gasteiger partial charge in [0.15, 0.2) is 0 Å². The molecule has 2 N–H and O–H groups in total. The average molecular weight is 436 g/mol. The molecule has 0 aliphatic heterocycles. The molecule has 0 aliphatic rings. The van der Waals surface area contributed by atoms with Crippen molar-refractivity contribution in [1.82, 2.24) is 9.55 Å². The van der Waals surface area contributed by atoms with Crippen LogP contribution in [0.15, 0.2) is 34.4 Å². The van der Waals surface area contributed by atoms with E-state index >= 15 is 0 Å². The number of carbonyl (C=O) groups is 2. The number of hydrogen-bond donors (Lipinski definition) is 2. The van der Waals surface area contributed by atoms with E-state index in [1.165, 1.54) is 17.1 Å². The summed E-state index contributed by atoms with van der Waals surface area (Å²) < 4.78 is 6.30. The van der Waals surface area contributed by atoms with Crippen LogP contribution in [0.2, 0.25) is 5.02 Å². The molecule has 0 saturated heterocycles. The molecule has 2 aromatic heterocycles. The number of nitrogens with zero attached hydrogens (tertiary/aromatic N) is 2. The number of benzene rings is 1. The fourth-order valence-corrected chi connectivity index (χ4v) is 3.99. The van der Waals surface area contributed by atoms with Gasteiger partial charge in [-0.2, -0.15) is 0 Å². The Labute approximate surface area is 174 Å². The van der Waals surface area contributed by atoms with Gasteiger partial charge in [-0.15, -0.1) is 11.3 Å². The van der Waals surface area contributed by atoms with Gasteiger partial charge < -0.3 is 15.2 Å².